The van der Waals surface area contributed by atoms with Crippen LogP contribution in [0.15, 0.2) is 4.99 Å². The van der Waals surface area contributed by atoms with Gasteiger partial charge in [0.05, 0.1) is 6.04 Å². The van der Waals surface area contributed by atoms with Crippen LogP contribution >= 0.6 is 0 Å². The molecular weight excluding hydrogens is 174 g/mol. The van der Waals surface area contributed by atoms with Crippen LogP contribution in [-0.4, -0.2) is 17.5 Å². The number of nitrogens with one attached hydrogen (secondary N) is 1. The van der Waals surface area contributed by atoms with Crippen LogP contribution in [0.2, 0.25) is 0 Å². The highest BCUT2D eigenvalue weighted by atomic mass is 15.1. The van der Waals surface area contributed by atoms with Gasteiger partial charge in [-0.15, -0.1) is 0 Å². The van der Waals surface area contributed by atoms with E-state index in [1.807, 2.05) is 0 Å². The van der Waals surface area contributed by atoms with Gasteiger partial charge in [-0.1, -0.05) is 19.3 Å². The maximum atomic E-state index is 5.87. The minimum Gasteiger partial charge on any atom is -0.370 e. The number of nitrogens with two attached hydrogens (primary N) is 1. The first kappa shape index (κ1) is 9.81. The van der Waals surface area contributed by atoms with Gasteiger partial charge in [0.1, 0.15) is 0 Å². The molecule has 0 aromatic heterocycles. The highest BCUT2D eigenvalue weighted by Crippen LogP contribution is 2.28. The Morgan fingerprint density at radius 2 is 1.93 bits per heavy atom. The smallest absolute Gasteiger partial charge is 0.189 e. The zero-order valence-electron chi connectivity index (χ0n) is 9.05. The molecule has 0 heterocycles. The van der Waals surface area contributed by atoms with Gasteiger partial charge in [0.25, 0.3) is 0 Å². The Labute approximate surface area is 86.2 Å². The van der Waals surface area contributed by atoms with Crippen LogP contribution in [0.25, 0.3) is 0 Å². The molecule has 2 rings (SSSR count). The van der Waals surface area contributed by atoms with Crippen LogP contribution in [0.5, 0.6) is 0 Å². The number of nitrogens with zero attached hydrogens (tertiary/aromatic N) is 1. The summed E-state index contributed by atoms with van der Waals surface area (Å²) in [4.78, 5) is 4.41. The van der Waals surface area contributed by atoms with Crippen molar-refractivity contribution in [3.8, 4) is 0 Å². The van der Waals surface area contributed by atoms with E-state index in [9.17, 15) is 0 Å². The Balaban J connectivity index is 1.87. The summed E-state index contributed by atoms with van der Waals surface area (Å²) in [6, 6.07) is 0.523. The van der Waals surface area contributed by atoms with Gasteiger partial charge in [0.2, 0.25) is 0 Å². The fraction of sp³-hybridized carbons (Fsp3) is 0.909. The number of guanidine groups is 1. The van der Waals surface area contributed by atoms with E-state index in [0.717, 1.165) is 0 Å². The Hall–Kier alpha value is -0.730. The van der Waals surface area contributed by atoms with E-state index in [0.29, 0.717) is 12.0 Å². The number of rotatable bonds is 2. The van der Waals surface area contributed by atoms with E-state index in [-0.39, 0.29) is 5.54 Å². The average Bonchev–Trinajstić information content (AvgIpc) is 2.88. The van der Waals surface area contributed by atoms with Crippen LogP contribution in [0.1, 0.15) is 51.9 Å². The Bertz CT molecular complexity index is 225. The lowest BCUT2D eigenvalue weighted by Crippen LogP contribution is -2.50. The van der Waals surface area contributed by atoms with E-state index in [1.165, 1.54) is 44.9 Å². The molecule has 14 heavy (non-hydrogen) atoms. The molecule has 3 N–H and O–H groups in total. The number of aliphatic imine (C=N–C) groups is 1. The summed E-state index contributed by atoms with van der Waals surface area (Å²) in [6.45, 7) is 2.27. The molecule has 3 nitrogen and oxygen atoms in total. The van der Waals surface area contributed by atoms with Crippen LogP contribution < -0.4 is 11.1 Å². The van der Waals surface area contributed by atoms with Crippen LogP contribution in [0.4, 0.5) is 0 Å². The van der Waals surface area contributed by atoms with Crippen LogP contribution in [-0.2, 0) is 0 Å². The molecule has 2 aliphatic rings. The second-order valence-corrected chi connectivity index (χ2v) is 4.99. The predicted molar refractivity (Wildman–Crippen MR) is 59.3 cm³/mol. The fourth-order valence-corrected chi connectivity index (χ4v) is 2.20. The molecule has 0 aliphatic heterocycles. The standard InChI is InChI=1S/C11H21N3/c1-11(7-3-2-4-8-11)14-10(12)13-9-5-6-9/h9H,2-8H2,1H3,(H3,12,13,14). The van der Waals surface area contributed by atoms with Gasteiger partial charge in [0, 0.05) is 5.54 Å². The lowest BCUT2D eigenvalue weighted by molar-refractivity contribution is 0.290. The van der Waals surface area contributed by atoms with Gasteiger partial charge in [-0.05, 0) is 32.6 Å². The van der Waals surface area contributed by atoms with E-state index < -0.39 is 0 Å². The van der Waals surface area contributed by atoms with Gasteiger partial charge in [-0.3, -0.25) is 4.99 Å². The molecule has 3 heteroatoms. The molecule has 0 unspecified atom stereocenters. The van der Waals surface area contributed by atoms with Crippen LogP contribution in [0.3, 0.4) is 0 Å². The average molecular weight is 195 g/mol. The summed E-state index contributed by atoms with van der Waals surface area (Å²) >= 11 is 0. The summed E-state index contributed by atoms with van der Waals surface area (Å²) in [7, 11) is 0. The third kappa shape index (κ3) is 2.63. The fourth-order valence-electron chi connectivity index (χ4n) is 2.20. The van der Waals surface area contributed by atoms with Crippen molar-refractivity contribution in [3.05, 3.63) is 0 Å². The van der Waals surface area contributed by atoms with Gasteiger partial charge < -0.3 is 11.1 Å². The summed E-state index contributed by atoms with van der Waals surface area (Å²) in [5.41, 5.74) is 6.08. The van der Waals surface area contributed by atoms with Crippen molar-refractivity contribution in [1.29, 1.82) is 0 Å². The monoisotopic (exact) mass is 195 g/mol. The van der Waals surface area contributed by atoms with Gasteiger partial charge >= 0.3 is 0 Å². The van der Waals surface area contributed by atoms with E-state index >= 15 is 0 Å². The zero-order valence-corrected chi connectivity index (χ0v) is 9.05. The van der Waals surface area contributed by atoms with Crippen molar-refractivity contribution >= 4 is 5.96 Å². The molecule has 2 fully saturated rings. The quantitative estimate of drug-likeness (QED) is 0.521. The molecule has 0 bridgehead atoms. The first-order chi connectivity index (χ1) is 6.68. The normalized spacial score (nSPS) is 27.4. The van der Waals surface area contributed by atoms with E-state index in [4.69, 9.17) is 5.73 Å². The lowest BCUT2D eigenvalue weighted by Gasteiger charge is -2.34. The molecule has 0 radical (unpaired) electrons. The van der Waals surface area contributed by atoms with E-state index in [1.54, 1.807) is 0 Å². The first-order valence-corrected chi connectivity index (χ1v) is 5.79. The van der Waals surface area contributed by atoms with Crippen LogP contribution in [0, 0.1) is 0 Å². The molecule has 0 atom stereocenters. The van der Waals surface area contributed by atoms with Crippen molar-refractivity contribution in [2.24, 2.45) is 10.7 Å². The van der Waals surface area contributed by atoms with Crippen molar-refractivity contribution in [2.75, 3.05) is 0 Å². The third-order valence-electron chi connectivity index (χ3n) is 3.26. The summed E-state index contributed by atoms with van der Waals surface area (Å²) in [6.07, 6.45) is 8.91. The predicted octanol–water partition coefficient (Wildman–Crippen LogP) is 1.78. The first-order valence-electron chi connectivity index (χ1n) is 5.79. The highest BCUT2D eigenvalue weighted by molar-refractivity contribution is 5.79. The molecule has 2 aliphatic carbocycles. The Kier molecular flexibility index (Phi) is 2.66. The Morgan fingerprint density at radius 1 is 1.29 bits per heavy atom. The maximum absolute atomic E-state index is 5.87. The minimum atomic E-state index is 0.209. The Morgan fingerprint density at radius 3 is 2.50 bits per heavy atom. The third-order valence-corrected chi connectivity index (χ3v) is 3.26. The van der Waals surface area contributed by atoms with Crippen molar-refractivity contribution < 1.29 is 0 Å². The van der Waals surface area contributed by atoms with Gasteiger partial charge in [-0.25, -0.2) is 0 Å². The lowest BCUT2D eigenvalue weighted by atomic mass is 9.83. The molecule has 0 saturated heterocycles. The maximum Gasteiger partial charge on any atom is 0.189 e. The van der Waals surface area contributed by atoms with Crippen molar-refractivity contribution in [3.63, 3.8) is 0 Å². The molecule has 2 saturated carbocycles. The minimum absolute atomic E-state index is 0.209. The molecule has 0 amide bonds. The van der Waals surface area contributed by atoms with E-state index in [2.05, 4.69) is 17.2 Å². The second kappa shape index (κ2) is 3.79. The number of hydrogen-bond donors (Lipinski definition) is 2. The number of hydrogen-bond acceptors (Lipinski definition) is 1. The highest BCUT2D eigenvalue weighted by Gasteiger charge is 2.28. The van der Waals surface area contributed by atoms with Crippen molar-refractivity contribution in [1.82, 2.24) is 5.32 Å². The summed E-state index contributed by atoms with van der Waals surface area (Å²) < 4.78 is 0. The largest absolute Gasteiger partial charge is 0.370 e. The molecule has 80 valence electrons. The SMILES string of the molecule is CC1(NC(N)=NC2CC2)CCCCC1. The molecule has 0 aromatic rings. The van der Waals surface area contributed by atoms with Gasteiger partial charge in [0.15, 0.2) is 5.96 Å². The van der Waals surface area contributed by atoms with Gasteiger partial charge in [-0.2, -0.15) is 0 Å². The van der Waals surface area contributed by atoms with Crippen molar-refractivity contribution in [2.45, 2.75) is 63.5 Å². The molecule has 0 spiro atoms. The molecule has 0 aromatic carbocycles. The topological polar surface area (TPSA) is 50.4 Å². The zero-order chi connectivity index (χ0) is 10.0. The molecular formula is C11H21N3. The second-order valence-electron chi connectivity index (χ2n) is 4.99. The summed E-state index contributed by atoms with van der Waals surface area (Å²) in [5, 5.41) is 3.39. The summed E-state index contributed by atoms with van der Waals surface area (Å²) in [5.74, 6) is 0.664.